The maximum Gasteiger partial charge on any atom is 0.488 e. The highest BCUT2D eigenvalue weighted by molar-refractivity contribution is 7.81. The van der Waals surface area contributed by atoms with Crippen LogP contribution in [-0.2, 0) is 16.7 Å². The predicted molar refractivity (Wildman–Crippen MR) is 74.1 cm³/mol. The zero-order valence-corrected chi connectivity index (χ0v) is 12.4. The van der Waals surface area contributed by atoms with Gasteiger partial charge in [0.25, 0.3) is 0 Å². The summed E-state index contributed by atoms with van der Waals surface area (Å²) in [7, 11) is -4.20. The average molecular weight is 350 g/mol. The van der Waals surface area contributed by atoms with Crippen LogP contribution in [0.2, 0.25) is 0 Å². The summed E-state index contributed by atoms with van der Waals surface area (Å²) in [5.41, 5.74) is -0.999. The smallest absolute Gasteiger partial charge is 0.488 e. The Kier molecular flexibility index (Phi) is 4.51. The first-order valence-corrected chi connectivity index (χ1v) is 7.41. The molecule has 0 aliphatic heterocycles. The van der Waals surface area contributed by atoms with Crippen LogP contribution in [0.4, 0.5) is 17.1 Å². The highest BCUT2D eigenvalue weighted by atomic mass is 32.3. The van der Waals surface area contributed by atoms with Gasteiger partial charge in [-0.2, -0.15) is 21.6 Å². The lowest BCUT2D eigenvalue weighted by Crippen LogP contribution is -2.06. The second-order valence-corrected chi connectivity index (χ2v) is 5.34. The zero-order valence-electron chi connectivity index (χ0n) is 11.6. The molecule has 124 valence electrons. The molecule has 2 rings (SSSR count). The molecule has 23 heavy (non-hydrogen) atoms. The molecule has 0 spiro atoms. The average Bonchev–Trinajstić information content (AvgIpc) is 2.45. The van der Waals surface area contributed by atoms with Crippen LogP contribution in [0.1, 0.15) is 5.56 Å². The second kappa shape index (κ2) is 6.07. The molecule has 0 radical (unpaired) electrons. The topological polar surface area (TPSA) is 52.6 Å². The molecular weight excluding hydrogens is 340 g/mol. The van der Waals surface area contributed by atoms with Gasteiger partial charge in [-0.05, 0) is 23.8 Å². The zero-order chi connectivity index (χ0) is 17.3. The SMILES string of the molecule is COc1cccc(-c2cccc(C(F)(F)F)c2)c1OS(=O)(=O)F. The van der Waals surface area contributed by atoms with Crippen LogP contribution in [0.15, 0.2) is 42.5 Å². The van der Waals surface area contributed by atoms with E-state index in [-0.39, 0.29) is 16.9 Å². The Balaban J connectivity index is 2.64. The Morgan fingerprint density at radius 2 is 1.70 bits per heavy atom. The molecular formula is C14H10F4O4S. The van der Waals surface area contributed by atoms with Crippen LogP contribution >= 0.6 is 0 Å². The minimum Gasteiger partial charge on any atom is -0.493 e. The Labute approximate surface area is 129 Å². The minimum atomic E-state index is -5.38. The summed E-state index contributed by atoms with van der Waals surface area (Å²) in [6.45, 7) is 0. The molecule has 0 atom stereocenters. The van der Waals surface area contributed by atoms with Crippen LogP contribution in [0, 0.1) is 0 Å². The van der Waals surface area contributed by atoms with Gasteiger partial charge >= 0.3 is 16.7 Å². The predicted octanol–water partition coefficient (Wildman–Crippen LogP) is 3.97. The molecule has 0 aliphatic rings. The Morgan fingerprint density at radius 3 is 2.26 bits per heavy atom. The number of halogens is 4. The van der Waals surface area contributed by atoms with Crippen molar-refractivity contribution in [3.8, 4) is 22.6 Å². The number of ether oxygens (including phenoxy) is 1. The van der Waals surface area contributed by atoms with Gasteiger partial charge in [-0.3, -0.25) is 0 Å². The van der Waals surface area contributed by atoms with Crippen LogP contribution < -0.4 is 8.92 Å². The van der Waals surface area contributed by atoms with Crippen molar-refractivity contribution in [3.63, 3.8) is 0 Å². The first-order valence-electron chi connectivity index (χ1n) is 6.10. The molecule has 0 amide bonds. The van der Waals surface area contributed by atoms with E-state index in [9.17, 15) is 25.5 Å². The van der Waals surface area contributed by atoms with Gasteiger partial charge in [0.1, 0.15) is 0 Å². The molecule has 4 nitrogen and oxygen atoms in total. The van der Waals surface area contributed by atoms with Gasteiger partial charge in [0.15, 0.2) is 11.5 Å². The van der Waals surface area contributed by atoms with Crippen molar-refractivity contribution in [1.82, 2.24) is 0 Å². The van der Waals surface area contributed by atoms with Gasteiger partial charge in [0.2, 0.25) is 0 Å². The molecule has 2 aromatic carbocycles. The van der Waals surface area contributed by atoms with Gasteiger partial charge in [-0.25, -0.2) is 0 Å². The van der Waals surface area contributed by atoms with Crippen molar-refractivity contribution >= 4 is 10.5 Å². The van der Waals surface area contributed by atoms with Gasteiger partial charge in [-0.1, -0.05) is 28.2 Å². The number of hydrogen-bond donors (Lipinski definition) is 0. The normalized spacial score (nSPS) is 12.0. The number of methoxy groups -OCH3 is 1. The standard InChI is InChI=1S/C14H10F4O4S/c1-21-12-7-3-6-11(13(12)22-23(18,19)20)9-4-2-5-10(8-9)14(15,16)17/h2-8H,1H3. The van der Waals surface area contributed by atoms with Crippen molar-refractivity contribution in [2.24, 2.45) is 0 Å². The summed E-state index contributed by atoms with van der Waals surface area (Å²) in [5.74, 6) is -0.669. The van der Waals surface area contributed by atoms with E-state index in [0.29, 0.717) is 0 Å². The van der Waals surface area contributed by atoms with Gasteiger partial charge < -0.3 is 8.92 Å². The fourth-order valence-electron chi connectivity index (χ4n) is 1.95. The third-order valence-electron chi connectivity index (χ3n) is 2.88. The monoisotopic (exact) mass is 350 g/mol. The summed E-state index contributed by atoms with van der Waals surface area (Å²) in [4.78, 5) is 0. The Morgan fingerprint density at radius 1 is 1.04 bits per heavy atom. The third kappa shape index (κ3) is 4.13. The second-order valence-electron chi connectivity index (χ2n) is 4.39. The Bertz CT molecular complexity index is 816. The summed E-state index contributed by atoms with van der Waals surface area (Å²) < 4.78 is 81.9. The molecule has 0 aliphatic carbocycles. The van der Waals surface area contributed by atoms with Crippen molar-refractivity contribution in [2.45, 2.75) is 6.18 Å². The van der Waals surface area contributed by atoms with Gasteiger partial charge in [0, 0.05) is 5.56 Å². The summed E-state index contributed by atoms with van der Waals surface area (Å²) in [6, 6.07) is 8.10. The van der Waals surface area contributed by atoms with E-state index >= 15 is 0 Å². The number of benzene rings is 2. The van der Waals surface area contributed by atoms with E-state index in [0.717, 1.165) is 18.2 Å². The highest BCUT2D eigenvalue weighted by Gasteiger charge is 2.31. The Hall–Kier alpha value is -2.29. The molecule has 0 N–H and O–H groups in total. The van der Waals surface area contributed by atoms with Crippen LogP contribution in [-0.4, -0.2) is 15.5 Å². The maximum atomic E-state index is 12.9. The minimum absolute atomic E-state index is 0.00243. The van der Waals surface area contributed by atoms with E-state index in [1.165, 1.54) is 31.4 Å². The lowest BCUT2D eigenvalue weighted by molar-refractivity contribution is -0.137. The van der Waals surface area contributed by atoms with E-state index < -0.39 is 28.0 Å². The van der Waals surface area contributed by atoms with E-state index in [2.05, 4.69) is 4.18 Å². The van der Waals surface area contributed by atoms with Crippen molar-refractivity contribution in [3.05, 3.63) is 48.0 Å². The number of alkyl halides is 3. The first kappa shape index (κ1) is 17.1. The lowest BCUT2D eigenvalue weighted by Gasteiger charge is -2.14. The molecule has 2 aromatic rings. The van der Waals surface area contributed by atoms with Crippen LogP contribution in [0.25, 0.3) is 11.1 Å². The summed E-state index contributed by atoms with van der Waals surface area (Å²) in [6.07, 6.45) is -4.58. The number of hydrogen-bond acceptors (Lipinski definition) is 4. The molecule has 0 fully saturated rings. The van der Waals surface area contributed by atoms with Crippen molar-refractivity contribution < 1.29 is 34.4 Å². The molecule has 0 aromatic heterocycles. The fourth-order valence-corrected chi connectivity index (χ4v) is 2.32. The third-order valence-corrected chi connectivity index (χ3v) is 3.25. The molecule has 0 saturated carbocycles. The van der Waals surface area contributed by atoms with E-state index in [4.69, 9.17) is 4.74 Å². The molecule has 0 heterocycles. The van der Waals surface area contributed by atoms with E-state index in [1.807, 2.05) is 0 Å². The van der Waals surface area contributed by atoms with Crippen molar-refractivity contribution in [1.29, 1.82) is 0 Å². The van der Waals surface area contributed by atoms with Gasteiger partial charge in [0.05, 0.1) is 12.7 Å². The first-order chi connectivity index (χ1) is 10.6. The molecule has 0 unspecified atom stereocenters. The lowest BCUT2D eigenvalue weighted by atomic mass is 10.0. The van der Waals surface area contributed by atoms with Crippen LogP contribution in [0.3, 0.4) is 0 Å². The number of rotatable bonds is 4. The number of para-hydroxylation sites is 1. The quantitative estimate of drug-likeness (QED) is 0.618. The molecule has 0 saturated heterocycles. The largest absolute Gasteiger partial charge is 0.493 e. The summed E-state index contributed by atoms with van der Waals surface area (Å²) in [5, 5.41) is 0. The fraction of sp³-hybridized carbons (Fsp3) is 0.143. The van der Waals surface area contributed by atoms with Gasteiger partial charge in [-0.15, -0.1) is 0 Å². The van der Waals surface area contributed by atoms with E-state index in [1.54, 1.807) is 0 Å². The molecule has 0 bridgehead atoms. The summed E-state index contributed by atoms with van der Waals surface area (Å²) >= 11 is 0. The molecule has 9 heteroatoms. The van der Waals surface area contributed by atoms with Crippen LogP contribution in [0.5, 0.6) is 11.5 Å². The maximum absolute atomic E-state index is 12.9. The van der Waals surface area contributed by atoms with Crippen molar-refractivity contribution in [2.75, 3.05) is 7.11 Å². The highest BCUT2D eigenvalue weighted by Crippen LogP contribution is 2.40.